The first-order valence-corrected chi connectivity index (χ1v) is 31.5. The Morgan fingerprint density at radius 3 is 1.28 bits per heavy atom. The molecule has 31 heteroatoms. The van der Waals surface area contributed by atoms with E-state index in [-0.39, 0.29) is 13.2 Å². The van der Waals surface area contributed by atoms with Crippen molar-refractivity contribution in [3.63, 3.8) is 0 Å². The Hall–Kier alpha value is -4.45. The number of Topliss-reactive ketones (excluding diaryl/α,β-unsaturated/α-hetero) is 1. The molecule has 27 nitrogen and oxygen atoms in total. The summed E-state index contributed by atoms with van der Waals surface area (Å²) in [5.74, 6) is -3.86. The molecule has 0 spiro atoms. The summed E-state index contributed by atoms with van der Waals surface area (Å²) in [7, 11) is 1.88. The van der Waals surface area contributed by atoms with Crippen LogP contribution in [0.5, 0.6) is 0 Å². The van der Waals surface area contributed by atoms with Gasteiger partial charge in [-0.25, -0.2) is 13.9 Å². The number of hydrogen-bond acceptors (Lipinski definition) is 22. The topological polar surface area (TPSA) is 333 Å². The standard InChI is InChI=1S/C55H85Br2N3O24P2/c1-18-25-74-46(67)53(9,56)37-51(7,44(65)77-30-32-83-85(70,71)81-28-23-59(12,13)14)35-49(3,4)40(61)34-80-55(11,48(69)76-27-22-58-41(62)20-21-42(58)63)39-79-43(64)50(5,6)36-52(8,38-54(10,57)47(68)75-26-19-2)45(66)78-31-33-84-86(72,73)82-29-24-60(15,16)17/h1-2,20-21H,22-39H2,3-17H3/p+2. The molecule has 2 amide bonds. The van der Waals surface area contributed by atoms with Crippen LogP contribution >= 0.6 is 47.5 Å². The van der Waals surface area contributed by atoms with E-state index in [1.165, 1.54) is 55.4 Å². The van der Waals surface area contributed by atoms with Crippen molar-refractivity contribution in [1.29, 1.82) is 0 Å². The normalized spacial score (nSPS) is 17.9. The van der Waals surface area contributed by atoms with E-state index in [1.54, 1.807) is 0 Å². The lowest BCUT2D eigenvalue weighted by Gasteiger charge is -2.39. The number of ether oxygens (including phenoxy) is 7. The van der Waals surface area contributed by atoms with E-state index in [0.29, 0.717) is 22.1 Å². The molecule has 0 bridgehead atoms. The molecule has 1 rings (SSSR count). The molecule has 0 saturated carbocycles. The summed E-state index contributed by atoms with van der Waals surface area (Å²) in [6.45, 7) is 6.59. The molecule has 7 atom stereocenters. The van der Waals surface area contributed by atoms with Crippen LogP contribution in [0, 0.1) is 46.3 Å². The van der Waals surface area contributed by atoms with E-state index < -0.39 is 197 Å². The molecule has 1 aliphatic rings. The van der Waals surface area contributed by atoms with Crippen LogP contribution in [0.4, 0.5) is 0 Å². The average molecular weight is 1400 g/mol. The average Bonchev–Trinajstić information content (AvgIpc) is 1.35. The van der Waals surface area contributed by atoms with Crippen LogP contribution in [0.15, 0.2) is 12.2 Å². The number of nitrogens with zero attached hydrogens (tertiary/aromatic N) is 3. The Labute approximate surface area is 521 Å². The van der Waals surface area contributed by atoms with Crippen molar-refractivity contribution in [2.24, 2.45) is 21.7 Å². The van der Waals surface area contributed by atoms with Gasteiger partial charge in [0.2, 0.25) is 0 Å². The van der Waals surface area contributed by atoms with E-state index in [4.69, 9.17) is 64.1 Å². The highest BCUT2D eigenvalue weighted by atomic mass is 79.9. The molecular weight excluding hydrogens is 1310 g/mol. The van der Waals surface area contributed by atoms with Crippen molar-refractivity contribution in [2.45, 2.75) is 102 Å². The van der Waals surface area contributed by atoms with Crippen molar-refractivity contribution < 1.29 is 122 Å². The second-order valence-corrected chi connectivity index (χ2v) is 31.3. The Bertz CT molecular complexity index is 2490. The number of amides is 2. The zero-order valence-electron chi connectivity index (χ0n) is 51.9. The number of halogens is 2. The summed E-state index contributed by atoms with van der Waals surface area (Å²) in [5.41, 5.74) is -9.27. The van der Waals surface area contributed by atoms with Gasteiger partial charge in [-0.1, -0.05) is 57.5 Å². The minimum Gasteiger partial charge on any atom is -0.463 e. The van der Waals surface area contributed by atoms with Gasteiger partial charge in [0.05, 0.1) is 78.3 Å². The Balaban J connectivity index is 3.63. The summed E-state index contributed by atoms with van der Waals surface area (Å²) in [5, 5.41) is 0. The third-order valence-corrected chi connectivity index (χ3v) is 16.1. The summed E-state index contributed by atoms with van der Waals surface area (Å²) >= 11 is 6.65. The zero-order chi connectivity index (χ0) is 66.6. The van der Waals surface area contributed by atoms with Gasteiger partial charge in [-0.15, -0.1) is 12.8 Å². The highest BCUT2D eigenvalue weighted by Crippen LogP contribution is 2.48. The number of rotatable bonds is 41. The number of alkyl halides is 2. The maximum Gasteiger partial charge on any atom is 0.472 e. The summed E-state index contributed by atoms with van der Waals surface area (Å²) < 4.78 is 81.1. The first-order valence-electron chi connectivity index (χ1n) is 26.9. The number of phosphoric acid groups is 2. The molecule has 2 N–H and O–H groups in total. The van der Waals surface area contributed by atoms with Gasteiger partial charge in [0.25, 0.3) is 11.8 Å². The Morgan fingerprint density at radius 2 is 0.895 bits per heavy atom. The molecule has 0 radical (unpaired) electrons. The van der Waals surface area contributed by atoms with Crippen LogP contribution < -0.4 is 0 Å². The lowest BCUT2D eigenvalue weighted by atomic mass is 9.68. The molecule has 0 fully saturated rings. The van der Waals surface area contributed by atoms with Crippen molar-refractivity contribution in [1.82, 2.24) is 4.90 Å². The largest absolute Gasteiger partial charge is 0.472 e. The quantitative estimate of drug-likeness (QED) is 0.0125. The van der Waals surface area contributed by atoms with Gasteiger partial charge in [0, 0.05) is 17.6 Å². The molecule has 0 saturated heterocycles. The van der Waals surface area contributed by atoms with Crippen LogP contribution in [-0.4, -0.2) is 226 Å². The number of likely N-dealkylation sites (N-methyl/N-ethyl adjacent to an activating group) is 2. The van der Waals surface area contributed by atoms with Gasteiger partial charge in [0.15, 0.2) is 24.6 Å². The predicted octanol–water partition coefficient (Wildman–Crippen LogP) is 4.39. The fourth-order valence-corrected chi connectivity index (χ4v) is 11.4. The number of quaternary nitrogens is 2. The van der Waals surface area contributed by atoms with Crippen LogP contribution in [-0.2, 0) is 104 Å². The van der Waals surface area contributed by atoms with Crippen LogP contribution in [0.2, 0.25) is 0 Å². The predicted molar refractivity (Wildman–Crippen MR) is 315 cm³/mol. The Kier molecular flexibility index (Phi) is 30.4. The first kappa shape index (κ1) is 79.6. The second kappa shape index (κ2) is 32.9. The van der Waals surface area contributed by atoms with Gasteiger partial charge in [0.1, 0.15) is 68.0 Å². The molecule has 0 aromatic heterocycles. The number of hydrogen-bond donors (Lipinski definition) is 2. The first-order chi connectivity index (χ1) is 39.0. The number of carbonyl (C=O) groups excluding carboxylic acids is 9. The van der Waals surface area contributed by atoms with E-state index >= 15 is 0 Å². The molecule has 1 heterocycles. The second-order valence-electron chi connectivity index (χ2n) is 24.9. The fourth-order valence-electron chi connectivity index (χ4n) is 8.53. The minimum atomic E-state index is -4.58. The van der Waals surface area contributed by atoms with Crippen molar-refractivity contribution in [2.75, 3.05) is 135 Å². The molecule has 488 valence electrons. The van der Waals surface area contributed by atoms with E-state index in [0.717, 1.165) is 24.0 Å². The van der Waals surface area contributed by atoms with E-state index in [9.17, 15) is 62.1 Å². The van der Waals surface area contributed by atoms with Crippen LogP contribution in [0.3, 0.4) is 0 Å². The molecule has 86 heavy (non-hydrogen) atoms. The van der Waals surface area contributed by atoms with Gasteiger partial charge >= 0.3 is 51.5 Å². The van der Waals surface area contributed by atoms with Gasteiger partial charge in [-0.3, -0.25) is 61.4 Å². The third kappa shape index (κ3) is 27.9. The number of carbonyl (C=O) groups is 9. The monoisotopic (exact) mass is 1390 g/mol. The lowest BCUT2D eigenvalue weighted by Crippen LogP contribution is -2.50. The van der Waals surface area contributed by atoms with E-state index in [1.807, 2.05) is 42.3 Å². The van der Waals surface area contributed by atoms with Crippen molar-refractivity contribution in [3.05, 3.63) is 12.2 Å². The highest BCUT2D eigenvalue weighted by molar-refractivity contribution is 9.10. The Morgan fingerprint density at radius 1 is 0.523 bits per heavy atom. The number of phosphoric ester groups is 2. The van der Waals surface area contributed by atoms with Crippen LogP contribution in [0.25, 0.3) is 0 Å². The number of esters is 6. The molecule has 0 aliphatic carbocycles. The summed E-state index contributed by atoms with van der Waals surface area (Å²) in [4.78, 5) is 143. The molecule has 1 aliphatic heterocycles. The third-order valence-electron chi connectivity index (χ3n) is 12.9. The van der Waals surface area contributed by atoms with Crippen molar-refractivity contribution >= 4 is 101 Å². The van der Waals surface area contributed by atoms with Crippen LogP contribution in [0.1, 0.15) is 88.0 Å². The molecular formula is C55H87Br2N3O24P2+2. The number of ketones is 1. The van der Waals surface area contributed by atoms with E-state index in [2.05, 4.69) is 43.7 Å². The van der Waals surface area contributed by atoms with Crippen molar-refractivity contribution in [3.8, 4) is 24.7 Å². The molecule has 7 unspecified atom stereocenters. The maximum absolute atomic E-state index is 14.4. The highest BCUT2D eigenvalue weighted by Gasteiger charge is 2.52. The zero-order valence-corrected chi connectivity index (χ0v) is 56.9. The SMILES string of the molecule is C#CCOC(=O)C(C)(Br)CC(C)(CC(C)(C)C(=O)COC(C)(COC(=O)C(C)(C)CC(C)(CC(C)(Br)C(=O)OCC#C)C(=O)OCCOP(=O)(O)OCC[N+](C)(C)C)C(=O)OCCN1C(=O)C=CC1=O)C(=O)OCCOP(=O)(O)OCC[N+](C)(C)C. The molecule has 0 aromatic rings. The fraction of sp³-hybridized carbons (Fsp3) is 0.727. The van der Waals surface area contributed by atoms with Gasteiger partial charge < -0.3 is 51.9 Å². The lowest BCUT2D eigenvalue weighted by molar-refractivity contribution is -0.870. The van der Waals surface area contributed by atoms with Gasteiger partial charge in [-0.2, -0.15) is 0 Å². The maximum atomic E-state index is 14.4. The van der Waals surface area contributed by atoms with Gasteiger partial charge in [-0.05, 0) is 74.1 Å². The number of imide groups is 1. The minimum absolute atomic E-state index is 0.130. The molecule has 0 aromatic carbocycles. The summed E-state index contributed by atoms with van der Waals surface area (Å²) in [6.07, 6.45) is 11.0. The number of terminal acetylenes is 2. The summed E-state index contributed by atoms with van der Waals surface area (Å²) in [6, 6.07) is 0. The smallest absolute Gasteiger partial charge is 0.463 e.